The molecule has 0 heterocycles. The Balaban J connectivity index is 0.00000240. The molecular weight excluding hydrogens is 375 g/mol. The van der Waals surface area contributed by atoms with Crippen LogP contribution in [-0.2, 0) is 4.79 Å². The van der Waals surface area contributed by atoms with E-state index in [2.05, 4.69) is 20.8 Å². The first kappa shape index (κ1) is 24.0. The Kier molecular flexibility index (Phi) is 7.24. The third kappa shape index (κ3) is 3.99. The van der Waals surface area contributed by atoms with Crippen molar-refractivity contribution < 1.29 is 49.7 Å². The number of carboxylic acid groups (broad SMARTS) is 1. The molecule has 0 aliphatic heterocycles. The van der Waals surface area contributed by atoms with Crippen LogP contribution in [0.25, 0.3) is 0 Å². The minimum Gasteiger partial charge on any atom is -0.550 e. The predicted octanol–water partition coefficient (Wildman–Crippen LogP) is 0.147. The number of hydrogen-bond acceptors (Lipinski definition) is 4. The van der Waals surface area contributed by atoms with Gasteiger partial charge in [-0.1, -0.05) is 20.8 Å². The fourth-order valence-electron chi connectivity index (χ4n) is 8.88. The van der Waals surface area contributed by atoms with Gasteiger partial charge < -0.3 is 20.1 Å². The van der Waals surface area contributed by atoms with E-state index in [1.165, 1.54) is 25.7 Å². The molecule has 4 nitrogen and oxygen atoms in total. The quantitative estimate of drug-likeness (QED) is 0.642. The van der Waals surface area contributed by atoms with Crippen molar-refractivity contribution in [2.45, 2.75) is 97.2 Å². The molecule has 4 rings (SSSR count). The van der Waals surface area contributed by atoms with E-state index in [1.807, 2.05) is 0 Å². The Morgan fingerprint density at radius 3 is 2.52 bits per heavy atom. The average molecular weight is 415 g/mol. The molecule has 0 aromatic heterocycles. The van der Waals surface area contributed by atoms with E-state index in [9.17, 15) is 20.1 Å². The van der Waals surface area contributed by atoms with Crippen LogP contribution in [0.5, 0.6) is 0 Å². The minimum absolute atomic E-state index is 0. The van der Waals surface area contributed by atoms with E-state index < -0.39 is 5.97 Å². The van der Waals surface area contributed by atoms with E-state index in [1.54, 1.807) is 0 Å². The molecule has 160 valence electrons. The normalized spacial score (nSPS) is 49.9. The third-order valence-electron chi connectivity index (χ3n) is 10.1. The van der Waals surface area contributed by atoms with Gasteiger partial charge in [0.25, 0.3) is 0 Å². The molecule has 0 bridgehead atoms. The first-order valence-corrected chi connectivity index (χ1v) is 11.7. The van der Waals surface area contributed by atoms with Crippen molar-refractivity contribution in [1.82, 2.24) is 0 Å². The molecule has 2 N–H and O–H groups in total. The maximum Gasteiger partial charge on any atom is 1.00 e. The van der Waals surface area contributed by atoms with Gasteiger partial charge in [0.15, 0.2) is 0 Å². The molecule has 0 radical (unpaired) electrons. The van der Waals surface area contributed by atoms with Crippen LogP contribution in [0, 0.1) is 46.3 Å². The van der Waals surface area contributed by atoms with Crippen molar-refractivity contribution in [3.63, 3.8) is 0 Å². The Hall–Kier alpha value is 0.390. The zero-order valence-electron chi connectivity index (χ0n) is 18.9. The van der Waals surface area contributed by atoms with Crippen LogP contribution in [0.15, 0.2) is 0 Å². The number of aliphatic hydroxyl groups is 2. The molecule has 0 aromatic carbocycles. The molecule has 4 aliphatic carbocycles. The molecule has 0 aromatic rings. The summed E-state index contributed by atoms with van der Waals surface area (Å²) in [6, 6.07) is 0. The van der Waals surface area contributed by atoms with Crippen molar-refractivity contribution in [2.75, 3.05) is 0 Å². The summed E-state index contributed by atoms with van der Waals surface area (Å²) in [5.41, 5.74) is 0.297. The molecule has 5 unspecified atom stereocenters. The number of hydrogen-bond donors (Lipinski definition) is 2. The van der Waals surface area contributed by atoms with Crippen LogP contribution in [0.2, 0.25) is 0 Å². The van der Waals surface area contributed by atoms with Crippen LogP contribution in [0.1, 0.15) is 85.0 Å². The second kappa shape index (κ2) is 8.73. The maximum absolute atomic E-state index is 11.4. The van der Waals surface area contributed by atoms with E-state index in [-0.39, 0.29) is 59.0 Å². The molecule has 0 amide bonds. The van der Waals surface area contributed by atoms with Crippen molar-refractivity contribution in [3.05, 3.63) is 0 Å². The van der Waals surface area contributed by atoms with Gasteiger partial charge >= 0.3 is 29.6 Å². The van der Waals surface area contributed by atoms with Crippen LogP contribution >= 0.6 is 0 Å². The Bertz CT molecular complexity index is 612. The summed E-state index contributed by atoms with van der Waals surface area (Å²) >= 11 is 0. The average Bonchev–Trinajstić information content (AvgIpc) is 2.96. The second-order valence-corrected chi connectivity index (χ2v) is 11.4. The fourth-order valence-corrected chi connectivity index (χ4v) is 8.88. The standard InChI is InChI=1S/C24H40O4.Na/c1-14(4-9-21(27)28)18-7-8-19-17-6-5-15-12-16(25)10-11-23(15,2)22(17)20(26)13-24(18,19)3;/h14-20,22,25-26H,4-13H2,1-3H3,(H,27,28);/q;+1/p-1/t14-,15?,16-,17?,18-,19?,20?,22?,23+,24-;/m1./s1. The van der Waals surface area contributed by atoms with E-state index in [0.717, 1.165) is 25.7 Å². The Morgan fingerprint density at radius 1 is 1.10 bits per heavy atom. The largest absolute Gasteiger partial charge is 1.00 e. The molecule has 29 heavy (non-hydrogen) atoms. The molecule has 0 spiro atoms. The number of rotatable bonds is 4. The van der Waals surface area contributed by atoms with E-state index >= 15 is 0 Å². The zero-order valence-corrected chi connectivity index (χ0v) is 20.9. The summed E-state index contributed by atoms with van der Waals surface area (Å²) in [4.78, 5) is 10.9. The van der Waals surface area contributed by atoms with Gasteiger partial charge in [-0.15, -0.1) is 0 Å². The van der Waals surface area contributed by atoms with Crippen LogP contribution in [0.3, 0.4) is 0 Å². The van der Waals surface area contributed by atoms with Gasteiger partial charge in [-0.25, -0.2) is 0 Å². The number of carboxylic acids is 1. The minimum atomic E-state index is -0.943. The number of carbonyl (C=O) groups excluding carboxylic acids is 1. The predicted molar refractivity (Wildman–Crippen MR) is 106 cm³/mol. The third-order valence-corrected chi connectivity index (χ3v) is 10.1. The van der Waals surface area contributed by atoms with Crippen molar-refractivity contribution in [2.24, 2.45) is 46.3 Å². The van der Waals surface area contributed by atoms with Gasteiger partial charge in [-0.05, 0) is 111 Å². The molecule has 4 saturated carbocycles. The SMILES string of the molecule is C[C@H](CCC(=O)[O-])[C@H]1CCC2C3CCC4C[C@H](O)CC[C@]4(C)C3C(O)C[C@@]21C.[Na+]. The summed E-state index contributed by atoms with van der Waals surface area (Å²) in [6.07, 6.45) is 8.92. The van der Waals surface area contributed by atoms with Crippen molar-refractivity contribution in [3.8, 4) is 0 Å². The van der Waals surface area contributed by atoms with Gasteiger partial charge in [0, 0.05) is 5.97 Å². The molecular formula is C24H39NaO4. The van der Waals surface area contributed by atoms with E-state index in [4.69, 9.17) is 0 Å². The number of carbonyl (C=O) groups is 1. The molecule has 4 fully saturated rings. The second-order valence-electron chi connectivity index (χ2n) is 11.4. The van der Waals surface area contributed by atoms with Gasteiger partial charge in [0.1, 0.15) is 0 Å². The van der Waals surface area contributed by atoms with E-state index in [0.29, 0.717) is 41.9 Å². The van der Waals surface area contributed by atoms with Gasteiger partial charge in [-0.3, -0.25) is 0 Å². The van der Waals surface area contributed by atoms with Gasteiger partial charge in [-0.2, -0.15) is 0 Å². The molecule has 5 heteroatoms. The number of fused-ring (bicyclic) bond motifs is 5. The first-order valence-electron chi connectivity index (χ1n) is 11.7. The molecule has 0 saturated heterocycles. The summed E-state index contributed by atoms with van der Waals surface area (Å²) in [7, 11) is 0. The number of aliphatic hydroxyl groups excluding tert-OH is 2. The van der Waals surface area contributed by atoms with Crippen molar-refractivity contribution in [1.29, 1.82) is 0 Å². The monoisotopic (exact) mass is 414 g/mol. The van der Waals surface area contributed by atoms with Crippen molar-refractivity contribution >= 4 is 5.97 Å². The fraction of sp³-hybridized carbons (Fsp3) is 0.958. The summed E-state index contributed by atoms with van der Waals surface area (Å²) in [5, 5.41) is 32.6. The van der Waals surface area contributed by atoms with Crippen LogP contribution in [-0.4, -0.2) is 28.4 Å². The Morgan fingerprint density at radius 2 is 1.83 bits per heavy atom. The smallest absolute Gasteiger partial charge is 0.550 e. The van der Waals surface area contributed by atoms with Crippen LogP contribution < -0.4 is 34.7 Å². The van der Waals surface area contributed by atoms with Gasteiger partial charge in [0.05, 0.1) is 12.2 Å². The zero-order chi connectivity index (χ0) is 20.3. The Labute approximate surface area is 198 Å². The van der Waals surface area contributed by atoms with Gasteiger partial charge in [0.2, 0.25) is 0 Å². The summed E-state index contributed by atoms with van der Waals surface area (Å²) in [6.45, 7) is 7.00. The topological polar surface area (TPSA) is 80.6 Å². The first-order chi connectivity index (χ1) is 13.2. The molecule has 10 atom stereocenters. The number of aliphatic carboxylic acids is 1. The summed E-state index contributed by atoms with van der Waals surface area (Å²) in [5.74, 6) is 2.09. The van der Waals surface area contributed by atoms with Crippen LogP contribution in [0.4, 0.5) is 0 Å². The maximum atomic E-state index is 11.4. The summed E-state index contributed by atoms with van der Waals surface area (Å²) < 4.78 is 0. The molecule has 4 aliphatic rings.